The largest absolute Gasteiger partial charge is 0.367 e. The van der Waals surface area contributed by atoms with Gasteiger partial charge in [0, 0.05) is 31.0 Å². The molecule has 2 rings (SSSR count). The number of hydrogen-bond acceptors (Lipinski definition) is 4. The summed E-state index contributed by atoms with van der Waals surface area (Å²) in [7, 11) is 1.99. The SMILES string of the molecule is CNCC1CCCCN1c1ccnc(C#N)c1. The average Bonchev–Trinajstić information content (AvgIpc) is 2.40. The van der Waals surface area contributed by atoms with Crippen LogP contribution in [0, 0.1) is 11.3 Å². The van der Waals surface area contributed by atoms with E-state index in [1.807, 2.05) is 19.2 Å². The Morgan fingerprint density at radius 2 is 2.47 bits per heavy atom. The fraction of sp³-hybridized carbons (Fsp3) is 0.538. The predicted octanol–water partition coefficient (Wildman–Crippen LogP) is 1.53. The summed E-state index contributed by atoms with van der Waals surface area (Å²) < 4.78 is 0. The first-order valence-corrected chi connectivity index (χ1v) is 6.12. The molecule has 4 heteroatoms. The quantitative estimate of drug-likeness (QED) is 0.855. The van der Waals surface area contributed by atoms with Gasteiger partial charge in [-0.25, -0.2) is 4.98 Å². The van der Waals surface area contributed by atoms with Crippen LogP contribution in [0.25, 0.3) is 0 Å². The van der Waals surface area contributed by atoms with Crippen LogP contribution >= 0.6 is 0 Å². The first-order valence-electron chi connectivity index (χ1n) is 6.12. The van der Waals surface area contributed by atoms with Crippen molar-refractivity contribution in [2.45, 2.75) is 25.3 Å². The zero-order chi connectivity index (χ0) is 12.1. The summed E-state index contributed by atoms with van der Waals surface area (Å²) >= 11 is 0. The van der Waals surface area contributed by atoms with Crippen LogP contribution in [0.1, 0.15) is 25.0 Å². The van der Waals surface area contributed by atoms with Crippen molar-refractivity contribution in [3.8, 4) is 6.07 Å². The number of nitriles is 1. The minimum atomic E-state index is 0.497. The van der Waals surface area contributed by atoms with Crippen molar-refractivity contribution in [1.29, 1.82) is 5.26 Å². The number of hydrogen-bond donors (Lipinski definition) is 1. The fourth-order valence-corrected chi connectivity index (χ4v) is 2.45. The number of rotatable bonds is 3. The van der Waals surface area contributed by atoms with Gasteiger partial charge in [0.25, 0.3) is 0 Å². The number of likely N-dealkylation sites (N-methyl/N-ethyl adjacent to an activating group) is 1. The van der Waals surface area contributed by atoms with Crippen LogP contribution < -0.4 is 10.2 Å². The zero-order valence-electron chi connectivity index (χ0n) is 10.2. The van der Waals surface area contributed by atoms with E-state index in [1.54, 1.807) is 6.20 Å². The molecule has 0 amide bonds. The summed E-state index contributed by atoms with van der Waals surface area (Å²) in [5.74, 6) is 0. The Hall–Kier alpha value is -1.60. The lowest BCUT2D eigenvalue weighted by Crippen LogP contribution is -2.45. The van der Waals surface area contributed by atoms with Crippen LogP contribution in [0.5, 0.6) is 0 Å². The minimum Gasteiger partial charge on any atom is -0.367 e. The number of nitrogens with zero attached hydrogens (tertiary/aromatic N) is 3. The van der Waals surface area contributed by atoms with Gasteiger partial charge < -0.3 is 10.2 Å². The molecule has 0 spiro atoms. The highest BCUT2D eigenvalue weighted by Crippen LogP contribution is 2.24. The molecule has 0 radical (unpaired) electrons. The molecule has 1 unspecified atom stereocenters. The third-order valence-corrected chi connectivity index (χ3v) is 3.26. The van der Waals surface area contributed by atoms with Gasteiger partial charge >= 0.3 is 0 Å². The summed E-state index contributed by atoms with van der Waals surface area (Å²) in [5.41, 5.74) is 1.62. The molecule has 1 aromatic rings. The maximum absolute atomic E-state index is 8.89. The number of anilines is 1. The van der Waals surface area contributed by atoms with Crippen molar-refractivity contribution in [1.82, 2.24) is 10.3 Å². The Bertz CT molecular complexity index is 408. The van der Waals surface area contributed by atoms with Gasteiger partial charge in [-0.2, -0.15) is 5.26 Å². The van der Waals surface area contributed by atoms with Gasteiger partial charge in [0.15, 0.2) is 0 Å². The predicted molar refractivity (Wildman–Crippen MR) is 67.9 cm³/mol. The maximum atomic E-state index is 8.89. The smallest absolute Gasteiger partial charge is 0.142 e. The molecule has 1 aliphatic heterocycles. The van der Waals surface area contributed by atoms with E-state index in [4.69, 9.17) is 5.26 Å². The van der Waals surface area contributed by atoms with Crippen molar-refractivity contribution in [3.63, 3.8) is 0 Å². The molecule has 4 nitrogen and oxygen atoms in total. The lowest BCUT2D eigenvalue weighted by molar-refractivity contribution is 0.446. The van der Waals surface area contributed by atoms with E-state index in [0.717, 1.165) is 18.8 Å². The maximum Gasteiger partial charge on any atom is 0.142 e. The number of pyridine rings is 1. The van der Waals surface area contributed by atoms with Crippen molar-refractivity contribution in [3.05, 3.63) is 24.0 Å². The second kappa shape index (κ2) is 5.65. The topological polar surface area (TPSA) is 52.0 Å². The van der Waals surface area contributed by atoms with Crippen molar-refractivity contribution in [2.75, 3.05) is 25.0 Å². The van der Waals surface area contributed by atoms with Gasteiger partial charge in [-0.1, -0.05) is 0 Å². The lowest BCUT2D eigenvalue weighted by atomic mass is 10.0. The van der Waals surface area contributed by atoms with Crippen LogP contribution in [0.15, 0.2) is 18.3 Å². The fourth-order valence-electron chi connectivity index (χ4n) is 2.45. The molecule has 0 saturated carbocycles. The Balaban J connectivity index is 2.20. The molecular weight excluding hydrogens is 212 g/mol. The second-order valence-electron chi connectivity index (χ2n) is 4.41. The zero-order valence-corrected chi connectivity index (χ0v) is 10.2. The molecule has 1 aliphatic rings. The third-order valence-electron chi connectivity index (χ3n) is 3.26. The van der Waals surface area contributed by atoms with Gasteiger partial charge in [-0.05, 0) is 38.4 Å². The Morgan fingerprint density at radius 1 is 1.59 bits per heavy atom. The Kier molecular flexibility index (Phi) is 3.94. The summed E-state index contributed by atoms with van der Waals surface area (Å²) in [6.07, 6.45) is 5.45. The van der Waals surface area contributed by atoms with Crippen LogP contribution in [0.3, 0.4) is 0 Å². The summed E-state index contributed by atoms with van der Waals surface area (Å²) in [4.78, 5) is 6.41. The Labute approximate surface area is 102 Å². The normalized spacial score (nSPS) is 20.0. The molecule has 1 N–H and O–H groups in total. The first kappa shape index (κ1) is 11.9. The number of piperidine rings is 1. The highest BCUT2D eigenvalue weighted by atomic mass is 15.2. The molecule has 90 valence electrons. The molecule has 1 saturated heterocycles. The summed E-state index contributed by atoms with van der Waals surface area (Å²) in [6, 6.07) is 6.51. The lowest BCUT2D eigenvalue weighted by Gasteiger charge is -2.37. The van der Waals surface area contributed by atoms with Gasteiger partial charge in [0.2, 0.25) is 0 Å². The molecule has 0 bridgehead atoms. The van der Waals surface area contributed by atoms with E-state index < -0.39 is 0 Å². The molecule has 0 aliphatic carbocycles. The van der Waals surface area contributed by atoms with Crippen LogP contribution in [-0.2, 0) is 0 Å². The molecular formula is C13H18N4. The van der Waals surface area contributed by atoms with E-state index in [2.05, 4.69) is 21.3 Å². The monoisotopic (exact) mass is 230 g/mol. The van der Waals surface area contributed by atoms with Crippen molar-refractivity contribution < 1.29 is 0 Å². The van der Waals surface area contributed by atoms with Crippen molar-refractivity contribution in [2.24, 2.45) is 0 Å². The molecule has 0 aromatic carbocycles. The Morgan fingerprint density at radius 3 is 3.24 bits per heavy atom. The van der Waals surface area contributed by atoms with Gasteiger partial charge in [0.1, 0.15) is 11.8 Å². The second-order valence-corrected chi connectivity index (χ2v) is 4.41. The summed E-state index contributed by atoms with van der Waals surface area (Å²) in [5, 5.41) is 12.1. The van der Waals surface area contributed by atoms with Gasteiger partial charge in [-0.3, -0.25) is 0 Å². The highest BCUT2D eigenvalue weighted by Gasteiger charge is 2.22. The standard InChI is InChI=1S/C13H18N4/c1-15-10-13-4-2-3-7-17(13)12-5-6-16-11(8-12)9-14/h5-6,8,13,15H,2-4,7,10H2,1H3. The summed E-state index contributed by atoms with van der Waals surface area (Å²) in [6.45, 7) is 2.06. The number of aromatic nitrogens is 1. The average molecular weight is 230 g/mol. The molecule has 1 atom stereocenters. The molecule has 17 heavy (non-hydrogen) atoms. The number of nitrogens with one attached hydrogen (secondary N) is 1. The van der Waals surface area contributed by atoms with Crippen LogP contribution in [0.4, 0.5) is 5.69 Å². The van der Waals surface area contributed by atoms with E-state index >= 15 is 0 Å². The van der Waals surface area contributed by atoms with E-state index in [9.17, 15) is 0 Å². The highest BCUT2D eigenvalue weighted by molar-refractivity contribution is 5.50. The minimum absolute atomic E-state index is 0.497. The van der Waals surface area contributed by atoms with E-state index in [1.165, 1.54) is 19.3 Å². The molecule has 2 heterocycles. The third kappa shape index (κ3) is 2.75. The van der Waals surface area contributed by atoms with Gasteiger partial charge in [-0.15, -0.1) is 0 Å². The first-order chi connectivity index (χ1) is 8.35. The van der Waals surface area contributed by atoms with Gasteiger partial charge in [0.05, 0.1) is 0 Å². The van der Waals surface area contributed by atoms with Crippen LogP contribution in [0.2, 0.25) is 0 Å². The molecule has 1 aromatic heterocycles. The van der Waals surface area contributed by atoms with E-state index in [0.29, 0.717) is 11.7 Å². The van der Waals surface area contributed by atoms with Crippen LogP contribution in [-0.4, -0.2) is 31.2 Å². The molecule has 1 fully saturated rings. The van der Waals surface area contributed by atoms with E-state index in [-0.39, 0.29) is 0 Å². The van der Waals surface area contributed by atoms with Crippen molar-refractivity contribution >= 4 is 5.69 Å².